The van der Waals surface area contributed by atoms with Crippen molar-refractivity contribution >= 4 is 5.91 Å². The predicted molar refractivity (Wildman–Crippen MR) is 98.1 cm³/mol. The average Bonchev–Trinajstić information content (AvgIpc) is 3.20. The highest BCUT2D eigenvalue weighted by Crippen LogP contribution is 2.27. The first-order chi connectivity index (χ1) is 12.7. The van der Waals surface area contributed by atoms with Crippen LogP contribution in [0.2, 0.25) is 0 Å². The van der Waals surface area contributed by atoms with Crippen LogP contribution in [0.5, 0.6) is 11.5 Å². The van der Waals surface area contributed by atoms with Crippen molar-refractivity contribution in [3.8, 4) is 11.5 Å². The Balaban J connectivity index is 1.48. The molecule has 1 fully saturated rings. The Kier molecular flexibility index (Phi) is 6.17. The molecule has 2 heterocycles. The molecule has 1 saturated heterocycles. The SMILES string of the molecule is COc1ccc(CN2CCC(C(=O)NCc3ccco3)CC2)c(OC)c1. The van der Waals surface area contributed by atoms with Crippen molar-refractivity contribution in [2.24, 2.45) is 5.92 Å². The lowest BCUT2D eigenvalue weighted by Crippen LogP contribution is -2.40. The molecule has 1 aromatic heterocycles. The first-order valence-electron chi connectivity index (χ1n) is 8.93. The van der Waals surface area contributed by atoms with Crippen molar-refractivity contribution in [1.82, 2.24) is 10.2 Å². The molecule has 0 atom stereocenters. The minimum absolute atomic E-state index is 0.0685. The number of benzene rings is 1. The summed E-state index contributed by atoms with van der Waals surface area (Å²) >= 11 is 0. The molecule has 1 aliphatic heterocycles. The molecule has 140 valence electrons. The van der Waals surface area contributed by atoms with Crippen LogP contribution in [0.1, 0.15) is 24.2 Å². The van der Waals surface area contributed by atoms with Gasteiger partial charge in [0.1, 0.15) is 17.3 Å². The molecule has 6 nitrogen and oxygen atoms in total. The number of methoxy groups -OCH3 is 2. The molecule has 0 unspecified atom stereocenters. The van der Waals surface area contributed by atoms with Gasteiger partial charge in [0.25, 0.3) is 0 Å². The van der Waals surface area contributed by atoms with Gasteiger partial charge in [0.2, 0.25) is 5.91 Å². The van der Waals surface area contributed by atoms with E-state index >= 15 is 0 Å². The standard InChI is InChI=1S/C20H26N2O4/c1-24-17-6-5-16(19(12-17)25-2)14-22-9-7-15(8-10-22)20(23)21-13-18-4-3-11-26-18/h3-6,11-12,15H,7-10,13-14H2,1-2H3,(H,21,23). The van der Waals surface area contributed by atoms with Crippen molar-refractivity contribution < 1.29 is 18.7 Å². The molecule has 0 saturated carbocycles. The van der Waals surface area contributed by atoms with Gasteiger partial charge in [0.15, 0.2) is 0 Å². The van der Waals surface area contributed by atoms with Gasteiger partial charge >= 0.3 is 0 Å². The number of piperidine rings is 1. The molecule has 6 heteroatoms. The number of amides is 1. The number of likely N-dealkylation sites (tertiary alicyclic amines) is 1. The van der Waals surface area contributed by atoms with Crippen LogP contribution < -0.4 is 14.8 Å². The van der Waals surface area contributed by atoms with E-state index in [9.17, 15) is 4.79 Å². The van der Waals surface area contributed by atoms with Crippen LogP contribution in [0.4, 0.5) is 0 Å². The van der Waals surface area contributed by atoms with Gasteiger partial charge < -0.3 is 19.2 Å². The minimum atomic E-state index is 0.0685. The van der Waals surface area contributed by atoms with Crippen molar-refractivity contribution in [1.29, 1.82) is 0 Å². The van der Waals surface area contributed by atoms with Gasteiger partial charge in [-0.3, -0.25) is 9.69 Å². The number of hydrogen-bond acceptors (Lipinski definition) is 5. The van der Waals surface area contributed by atoms with E-state index in [1.807, 2.05) is 30.3 Å². The third-order valence-corrected chi connectivity index (χ3v) is 4.86. The van der Waals surface area contributed by atoms with E-state index < -0.39 is 0 Å². The lowest BCUT2D eigenvalue weighted by Gasteiger charge is -2.31. The third kappa shape index (κ3) is 4.58. The highest BCUT2D eigenvalue weighted by Gasteiger charge is 2.25. The molecule has 2 aromatic rings. The van der Waals surface area contributed by atoms with Gasteiger partial charge in [-0.2, -0.15) is 0 Å². The summed E-state index contributed by atoms with van der Waals surface area (Å²) in [4.78, 5) is 14.7. The highest BCUT2D eigenvalue weighted by atomic mass is 16.5. The van der Waals surface area contributed by atoms with Gasteiger partial charge in [-0.15, -0.1) is 0 Å². The van der Waals surface area contributed by atoms with Crippen LogP contribution in [-0.4, -0.2) is 38.1 Å². The molecule has 1 aliphatic rings. The number of hydrogen-bond donors (Lipinski definition) is 1. The van der Waals surface area contributed by atoms with Gasteiger partial charge in [-0.25, -0.2) is 0 Å². The first kappa shape index (κ1) is 18.3. The summed E-state index contributed by atoms with van der Waals surface area (Å²) in [6, 6.07) is 9.59. The Hall–Kier alpha value is -2.47. The summed E-state index contributed by atoms with van der Waals surface area (Å²) < 4.78 is 16.0. The largest absolute Gasteiger partial charge is 0.497 e. The maximum Gasteiger partial charge on any atom is 0.223 e. The molecule has 3 rings (SSSR count). The summed E-state index contributed by atoms with van der Waals surface area (Å²) in [6.45, 7) is 3.06. The second kappa shape index (κ2) is 8.76. The Morgan fingerprint density at radius 3 is 2.69 bits per heavy atom. The van der Waals surface area contributed by atoms with Crippen LogP contribution in [0.15, 0.2) is 41.0 Å². The van der Waals surface area contributed by atoms with E-state index in [-0.39, 0.29) is 11.8 Å². The molecule has 1 N–H and O–H groups in total. The van der Waals surface area contributed by atoms with Gasteiger partial charge in [-0.05, 0) is 44.1 Å². The first-order valence-corrected chi connectivity index (χ1v) is 8.93. The maximum atomic E-state index is 12.3. The fraction of sp³-hybridized carbons (Fsp3) is 0.450. The lowest BCUT2D eigenvalue weighted by atomic mass is 9.95. The van der Waals surface area contributed by atoms with Crippen LogP contribution in [0.3, 0.4) is 0 Å². The molecule has 0 bridgehead atoms. The van der Waals surface area contributed by atoms with Crippen LogP contribution >= 0.6 is 0 Å². The molecular formula is C20H26N2O4. The van der Waals surface area contributed by atoms with Crippen LogP contribution in [-0.2, 0) is 17.9 Å². The van der Waals surface area contributed by atoms with Crippen molar-refractivity contribution in [2.45, 2.75) is 25.9 Å². The Labute approximate surface area is 154 Å². The van der Waals surface area contributed by atoms with Crippen molar-refractivity contribution in [3.63, 3.8) is 0 Å². The summed E-state index contributed by atoms with van der Waals surface area (Å²) in [7, 11) is 3.32. The molecule has 26 heavy (non-hydrogen) atoms. The Morgan fingerprint density at radius 2 is 2.04 bits per heavy atom. The highest BCUT2D eigenvalue weighted by molar-refractivity contribution is 5.78. The fourth-order valence-electron chi connectivity index (χ4n) is 3.31. The van der Waals surface area contributed by atoms with Crippen LogP contribution in [0, 0.1) is 5.92 Å². The summed E-state index contributed by atoms with van der Waals surface area (Å²) in [5.74, 6) is 2.59. The van der Waals surface area contributed by atoms with Crippen molar-refractivity contribution in [3.05, 3.63) is 47.9 Å². The number of furan rings is 1. The second-order valence-electron chi connectivity index (χ2n) is 6.53. The minimum Gasteiger partial charge on any atom is -0.497 e. The number of ether oxygens (including phenoxy) is 2. The smallest absolute Gasteiger partial charge is 0.223 e. The van der Waals surface area contributed by atoms with E-state index in [1.54, 1.807) is 20.5 Å². The number of nitrogens with one attached hydrogen (secondary N) is 1. The molecule has 1 aromatic carbocycles. The van der Waals surface area contributed by atoms with Crippen molar-refractivity contribution in [2.75, 3.05) is 27.3 Å². The summed E-state index contributed by atoms with van der Waals surface area (Å²) in [5.41, 5.74) is 1.13. The van der Waals surface area contributed by atoms with E-state index in [0.29, 0.717) is 6.54 Å². The molecular weight excluding hydrogens is 332 g/mol. The Morgan fingerprint density at radius 1 is 1.23 bits per heavy atom. The monoisotopic (exact) mass is 358 g/mol. The van der Waals surface area contributed by atoms with E-state index in [4.69, 9.17) is 13.9 Å². The molecule has 0 aliphatic carbocycles. The lowest BCUT2D eigenvalue weighted by molar-refractivity contribution is -0.126. The van der Waals surface area contributed by atoms with Gasteiger partial charge in [0.05, 0.1) is 27.0 Å². The zero-order valence-electron chi connectivity index (χ0n) is 15.4. The van der Waals surface area contributed by atoms with E-state index in [1.165, 1.54) is 0 Å². The van der Waals surface area contributed by atoms with E-state index in [0.717, 1.165) is 55.3 Å². The van der Waals surface area contributed by atoms with Gasteiger partial charge in [0, 0.05) is 24.1 Å². The average molecular weight is 358 g/mol. The quantitative estimate of drug-likeness (QED) is 0.825. The fourth-order valence-corrected chi connectivity index (χ4v) is 3.31. The maximum absolute atomic E-state index is 12.3. The van der Waals surface area contributed by atoms with E-state index in [2.05, 4.69) is 10.2 Å². The number of carbonyl (C=O) groups is 1. The summed E-state index contributed by atoms with van der Waals surface area (Å²) in [5, 5.41) is 2.97. The zero-order chi connectivity index (χ0) is 18.4. The topological polar surface area (TPSA) is 63.9 Å². The third-order valence-electron chi connectivity index (χ3n) is 4.86. The number of nitrogens with zero attached hydrogens (tertiary/aromatic N) is 1. The second-order valence-corrected chi connectivity index (χ2v) is 6.53. The normalized spacial score (nSPS) is 15.6. The molecule has 0 spiro atoms. The number of carbonyl (C=O) groups excluding carboxylic acids is 1. The summed E-state index contributed by atoms with van der Waals surface area (Å²) in [6.07, 6.45) is 3.35. The Bertz CT molecular complexity index is 707. The van der Waals surface area contributed by atoms with Gasteiger partial charge in [-0.1, -0.05) is 6.07 Å². The zero-order valence-corrected chi connectivity index (χ0v) is 15.4. The predicted octanol–water partition coefficient (Wildman–Crippen LogP) is 2.83. The number of rotatable bonds is 7. The van der Waals surface area contributed by atoms with Crippen LogP contribution in [0.25, 0.3) is 0 Å². The molecule has 0 radical (unpaired) electrons. The molecule has 1 amide bonds.